The molecule has 0 spiro atoms. The Balaban J connectivity index is 1.60. The highest BCUT2D eigenvalue weighted by Gasteiger charge is 2.40. The van der Waals surface area contributed by atoms with Crippen LogP contribution in [-0.2, 0) is 9.59 Å². The Morgan fingerprint density at radius 2 is 1.61 bits per heavy atom. The van der Waals surface area contributed by atoms with Crippen LogP contribution in [0.5, 0.6) is 11.5 Å². The number of carbonyl (C=O) groups is 3. The minimum atomic E-state index is -0.707. The summed E-state index contributed by atoms with van der Waals surface area (Å²) >= 11 is 12.2. The van der Waals surface area contributed by atoms with E-state index in [0.717, 1.165) is 10.5 Å². The zero-order chi connectivity index (χ0) is 26.0. The molecule has 36 heavy (non-hydrogen) atoms. The number of hydrogen-bond donors (Lipinski definition) is 2. The molecule has 3 aromatic rings. The van der Waals surface area contributed by atoms with Gasteiger partial charge in [-0.1, -0.05) is 29.3 Å². The topological polar surface area (TPSA) is 97.0 Å². The lowest BCUT2D eigenvalue weighted by molar-refractivity contribution is -0.120. The van der Waals surface area contributed by atoms with Crippen LogP contribution in [0, 0.1) is 6.92 Å². The number of rotatable bonds is 7. The second-order valence-corrected chi connectivity index (χ2v) is 8.60. The number of carbonyl (C=O) groups excluding carboxylic acids is 3. The smallest absolute Gasteiger partial charge is 0.283 e. The second-order valence-electron chi connectivity index (χ2n) is 7.79. The minimum Gasteiger partial charge on any atom is -0.497 e. The van der Waals surface area contributed by atoms with Crippen molar-refractivity contribution in [2.75, 3.05) is 29.8 Å². The lowest BCUT2D eigenvalue weighted by atomic mass is 10.1. The van der Waals surface area contributed by atoms with Gasteiger partial charge < -0.3 is 20.1 Å². The van der Waals surface area contributed by atoms with Crippen LogP contribution < -0.4 is 25.0 Å². The Hall–Kier alpha value is -4.01. The fraction of sp³-hybridized carbons (Fsp3) is 0.115. The third-order valence-corrected chi connectivity index (χ3v) is 6.12. The number of hydrogen-bond acceptors (Lipinski definition) is 6. The Kier molecular flexibility index (Phi) is 7.19. The van der Waals surface area contributed by atoms with Crippen LogP contribution in [0.4, 0.5) is 17.1 Å². The number of imide groups is 1. The normalized spacial score (nSPS) is 13.2. The Bertz CT molecular complexity index is 1400. The average Bonchev–Trinajstić information content (AvgIpc) is 3.09. The quantitative estimate of drug-likeness (QED) is 0.403. The second kappa shape index (κ2) is 10.3. The van der Waals surface area contributed by atoms with Crippen LogP contribution in [0.25, 0.3) is 0 Å². The fourth-order valence-electron chi connectivity index (χ4n) is 3.57. The van der Waals surface area contributed by atoms with E-state index < -0.39 is 11.8 Å². The molecule has 0 atom stereocenters. The van der Waals surface area contributed by atoms with Crippen LogP contribution in [0.1, 0.15) is 15.9 Å². The van der Waals surface area contributed by atoms with Gasteiger partial charge >= 0.3 is 0 Å². The molecule has 2 N–H and O–H groups in total. The first-order valence-corrected chi connectivity index (χ1v) is 11.4. The summed E-state index contributed by atoms with van der Waals surface area (Å²) in [6.45, 7) is 1.79. The molecule has 0 radical (unpaired) electrons. The molecule has 3 amide bonds. The maximum atomic E-state index is 13.3. The summed E-state index contributed by atoms with van der Waals surface area (Å²) in [5.74, 6) is -0.972. The summed E-state index contributed by atoms with van der Waals surface area (Å²) in [6, 6.07) is 16.3. The lowest BCUT2D eigenvalue weighted by Crippen LogP contribution is -2.32. The van der Waals surface area contributed by atoms with Crippen LogP contribution >= 0.6 is 23.2 Å². The van der Waals surface area contributed by atoms with Crippen molar-refractivity contribution >= 4 is 58.0 Å². The summed E-state index contributed by atoms with van der Waals surface area (Å²) in [7, 11) is 2.91. The third kappa shape index (κ3) is 4.86. The molecule has 1 aliphatic heterocycles. The van der Waals surface area contributed by atoms with Gasteiger partial charge in [0.15, 0.2) is 0 Å². The number of benzene rings is 3. The van der Waals surface area contributed by atoms with E-state index in [-0.39, 0.29) is 28.1 Å². The number of methoxy groups -OCH3 is 2. The molecule has 0 fully saturated rings. The molecule has 4 rings (SSSR count). The first-order chi connectivity index (χ1) is 17.2. The number of halogens is 2. The highest BCUT2D eigenvalue weighted by atomic mass is 35.5. The standard InChI is InChI=1S/C26H21Cl2N3O5/c1-14-4-5-15(24(32)29-17-8-6-16(27)7-9-17)12-19(14)30-23-22(28)25(33)31(26(23)34)20-11-10-18(35-2)13-21(20)36-3/h4-13,30H,1-3H3,(H,29,32). The fourth-order valence-corrected chi connectivity index (χ4v) is 3.91. The van der Waals surface area contributed by atoms with Gasteiger partial charge in [-0.2, -0.15) is 0 Å². The van der Waals surface area contributed by atoms with Crippen LogP contribution in [-0.4, -0.2) is 31.9 Å². The van der Waals surface area contributed by atoms with Crippen molar-refractivity contribution < 1.29 is 23.9 Å². The predicted molar refractivity (Wildman–Crippen MR) is 139 cm³/mol. The molecule has 1 aliphatic rings. The molecule has 0 aliphatic carbocycles. The van der Waals surface area contributed by atoms with Crippen molar-refractivity contribution in [1.29, 1.82) is 0 Å². The summed E-state index contributed by atoms with van der Waals surface area (Å²) in [6.07, 6.45) is 0. The summed E-state index contributed by atoms with van der Waals surface area (Å²) in [5, 5.41) is 5.99. The van der Waals surface area contributed by atoms with Gasteiger partial charge in [-0.05, 0) is 61.0 Å². The van der Waals surface area contributed by atoms with E-state index in [1.807, 2.05) is 0 Å². The highest BCUT2D eigenvalue weighted by molar-refractivity contribution is 6.53. The molecular weight excluding hydrogens is 505 g/mol. The molecule has 8 nitrogen and oxygen atoms in total. The number of amides is 3. The lowest BCUT2D eigenvalue weighted by Gasteiger charge is -2.19. The van der Waals surface area contributed by atoms with Crippen LogP contribution in [0.15, 0.2) is 71.4 Å². The molecule has 1 heterocycles. The molecule has 184 valence electrons. The molecule has 0 saturated heterocycles. The number of aryl methyl sites for hydroxylation is 1. The number of nitrogens with zero attached hydrogens (tertiary/aromatic N) is 1. The molecule has 0 bridgehead atoms. The zero-order valence-corrected chi connectivity index (χ0v) is 21.0. The SMILES string of the molecule is COc1ccc(N2C(=O)C(Cl)=C(Nc3cc(C(=O)Nc4ccc(Cl)cc4)ccc3C)C2=O)c(OC)c1. The van der Waals surface area contributed by atoms with Crippen molar-refractivity contribution in [1.82, 2.24) is 0 Å². The van der Waals surface area contributed by atoms with Gasteiger partial charge in [0.1, 0.15) is 22.2 Å². The Morgan fingerprint density at radius 3 is 2.28 bits per heavy atom. The van der Waals surface area contributed by atoms with Gasteiger partial charge in [0.2, 0.25) is 0 Å². The summed E-state index contributed by atoms with van der Waals surface area (Å²) in [5.41, 5.74) is 2.19. The van der Waals surface area contributed by atoms with E-state index >= 15 is 0 Å². The van der Waals surface area contributed by atoms with E-state index in [1.54, 1.807) is 61.5 Å². The monoisotopic (exact) mass is 525 g/mol. The average molecular weight is 526 g/mol. The molecule has 0 aromatic heterocycles. The van der Waals surface area contributed by atoms with Crippen LogP contribution in [0.3, 0.4) is 0 Å². The first kappa shape index (κ1) is 25.1. The third-order valence-electron chi connectivity index (χ3n) is 5.52. The van der Waals surface area contributed by atoms with Gasteiger partial charge in [-0.3, -0.25) is 14.4 Å². The Labute approximate surface area is 217 Å². The van der Waals surface area contributed by atoms with E-state index in [0.29, 0.717) is 27.7 Å². The van der Waals surface area contributed by atoms with E-state index in [4.69, 9.17) is 32.7 Å². The predicted octanol–water partition coefficient (Wildman–Crippen LogP) is 5.35. The highest BCUT2D eigenvalue weighted by Crippen LogP contribution is 2.38. The molecule has 0 saturated carbocycles. The maximum absolute atomic E-state index is 13.3. The maximum Gasteiger partial charge on any atom is 0.283 e. The Morgan fingerprint density at radius 1 is 0.889 bits per heavy atom. The molecule has 3 aromatic carbocycles. The minimum absolute atomic E-state index is 0.113. The van der Waals surface area contributed by atoms with E-state index in [9.17, 15) is 14.4 Å². The largest absolute Gasteiger partial charge is 0.497 e. The number of anilines is 3. The van der Waals surface area contributed by atoms with Crippen molar-refractivity contribution in [3.8, 4) is 11.5 Å². The number of ether oxygens (including phenoxy) is 2. The molecule has 0 unspecified atom stereocenters. The first-order valence-electron chi connectivity index (χ1n) is 10.7. The zero-order valence-electron chi connectivity index (χ0n) is 19.5. The van der Waals surface area contributed by atoms with Gasteiger partial charge in [0.05, 0.1) is 19.9 Å². The van der Waals surface area contributed by atoms with E-state index in [2.05, 4.69) is 10.6 Å². The van der Waals surface area contributed by atoms with Gasteiger partial charge in [0, 0.05) is 28.0 Å². The van der Waals surface area contributed by atoms with Crippen molar-refractivity contribution in [2.45, 2.75) is 6.92 Å². The van der Waals surface area contributed by atoms with Gasteiger partial charge in [-0.15, -0.1) is 0 Å². The molecule has 10 heteroatoms. The van der Waals surface area contributed by atoms with Crippen molar-refractivity contribution in [2.24, 2.45) is 0 Å². The summed E-state index contributed by atoms with van der Waals surface area (Å²) < 4.78 is 10.5. The van der Waals surface area contributed by atoms with Gasteiger partial charge in [-0.25, -0.2) is 4.90 Å². The van der Waals surface area contributed by atoms with E-state index in [1.165, 1.54) is 20.3 Å². The van der Waals surface area contributed by atoms with Crippen molar-refractivity contribution in [3.63, 3.8) is 0 Å². The van der Waals surface area contributed by atoms with Crippen LogP contribution in [0.2, 0.25) is 5.02 Å². The summed E-state index contributed by atoms with van der Waals surface area (Å²) in [4.78, 5) is 39.9. The van der Waals surface area contributed by atoms with Gasteiger partial charge in [0.25, 0.3) is 17.7 Å². The number of nitrogens with one attached hydrogen (secondary N) is 2. The van der Waals surface area contributed by atoms with Crippen molar-refractivity contribution in [3.05, 3.63) is 87.5 Å². The molecular formula is C26H21Cl2N3O5.